The van der Waals surface area contributed by atoms with Crippen LogP contribution in [0.3, 0.4) is 0 Å². The van der Waals surface area contributed by atoms with E-state index in [0.29, 0.717) is 6.54 Å². The quantitative estimate of drug-likeness (QED) is 0.634. The number of hydrazone groups is 1. The third kappa shape index (κ3) is 2.78. The van der Waals surface area contributed by atoms with Crippen LogP contribution in [0.2, 0.25) is 0 Å². The van der Waals surface area contributed by atoms with Crippen molar-refractivity contribution in [1.82, 2.24) is 9.73 Å². The van der Waals surface area contributed by atoms with Crippen molar-refractivity contribution in [3.63, 3.8) is 0 Å². The van der Waals surface area contributed by atoms with E-state index in [1.54, 1.807) is 11.2 Å². The van der Waals surface area contributed by atoms with Crippen molar-refractivity contribution in [3.8, 4) is 0 Å². The molecule has 0 fully saturated rings. The molecule has 0 saturated carbocycles. The Kier molecular flexibility index (Phi) is 3.05. The largest absolute Gasteiger partial charge is 0.296 e. The minimum atomic E-state index is -3.07. The number of nitrogens with one attached hydrogen (secondary N) is 1. The van der Waals surface area contributed by atoms with Crippen molar-refractivity contribution in [2.75, 3.05) is 25.9 Å². The minimum Gasteiger partial charge on any atom is -0.296 e. The molecule has 1 heterocycles. The van der Waals surface area contributed by atoms with E-state index in [2.05, 4.69) is 9.82 Å². The lowest BCUT2D eigenvalue weighted by Crippen LogP contribution is -2.29. The van der Waals surface area contributed by atoms with Crippen molar-refractivity contribution in [2.24, 2.45) is 5.10 Å². The van der Waals surface area contributed by atoms with Gasteiger partial charge in [0.2, 0.25) is 10.0 Å². The van der Waals surface area contributed by atoms with Crippen molar-refractivity contribution in [1.29, 1.82) is 0 Å². The molecule has 1 aliphatic heterocycles. The van der Waals surface area contributed by atoms with Crippen LogP contribution in [0.15, 0.2) is 5.10 Å². The van der Waals surface area contributed by atoms with E-state index >= 15 is 0 Å². The molecule has 0 aromatic heterocycles. The van der Waals surface area contributed by atoms with E-state index in [1.165, 1.54) is 7.05 Å². The molecule has 0 saturated heterocycles. The fraction of sp³-hybridized carbons (Fsp3) is 0.833. The highest BCUT2D eigenvalue weighted by atomic mass is 32.2. The van der Waals surface area contributed by atoms with Gasteiger partial charge in [0.05, 0.1) is 12.3 Å². The molecule has 0 aromatic rings. The summed E-state index contributed by atoms with van der Waals surface area (Å²) in [6.45, 7) is 1.30. The topological polar surface area (TPSA) is 61.8 Å². The number of hydrogen-bond acceptors (Lipinski definition) is 4. The molecule has 0 aromatic carbocycles. The highest BCUT2D eigenvalue weighted by Crippen LogP contribution is 1.99. The molecule has 70 valence electrons. The third-order valence-corrected chi connectivity index (χ3v) is 3.03. The van der Waals surface area contributed by atoms with Crippen LogP contribution in [0.4, 0.5) is 0 Å². The molecule has 1 rings (SSSR count). The monoisotopic (exact) mass is 191 g/mol. The van der Waals surface area contributed by atoms with Crippen LogP contribution in [-0.4, -0.2) is 45.5 Å². The maximum atomic E-state index is 11.0. The van der Waals surface area contributed by atoms with Gasteiger partial charge in [0.25, 0.3) is 0 Å². The molecule has 5 nitrogen and oxygen atoms in total. The molecule has 1 aliphatic rings. The summed E-state index contributed by atoms with van der Waals surface area (Å²) in [5, 5.41) is 5.75. The fourth-order valence-corrected chi connectivity index (χ4v) is 1.59. The smallest absolute Gasteiger partial charge is 0.213 e. The molecule has 1 N–H and O–H groups in total. The molecular weight excluding hydrogens is 178 g/mol. The predicted molar refractivity (Wildman–Crippen MR) is 47.5 cm³/mol. The Morgan fingerprint density at radius 2 is 2.42 bits per heavy atom. The predicted octanol–water partition coefficient (Wildman–Crippen LogP) is -0.773. The van der Waals surface area contributed by atoms with Gasteiger partial charge in [-0.25, -0.2) is 13.1 Å². The maximum absolute atomic E-state index is 11.0. The van der Waals surface area contributed by atoms with E-state index in [1.807, 2.05) is 0 Å². The summed E-state index contributed by atoms with van der Waals surface area (Å²) < 4.78 is 24.2. The van der Waals surface area contributed by atoms with Gasteiger partial charge >= 0.3 is 0 Å². The lowest BCUT2D eigenvalue weighted by atomic mass is 10.5. The zero-order valence-corrected chi connectivity index (χ0v) is 7.84. The van der Waals surface area contributed by atoms with Crippen LogP contribution in [0.25, 0.3) is 0 Å². The van der Waals surface area contributed by atoms with Gasteiger partial charge in [-0.15, -0.1) is 0 Å². The first-order valence-electron chi connectivity index (χ1n) is 3.83. The van der Waals surface area contributed by atoms with Gasteiger partial charge in [0.15, 0.2) is 0 Å². The van der Waals surface area contributed by atoms with Gasteiger partial charge in [-0.05, 0) is 7.05 Å². The maximum Gasteiger partial charge on any atom is 0.213 e. The SMILES string of the molecule is CNS(=O)(=O)CCN1CCC=N1. The molecule has 0 spiro atoms. The van der Waals surface area contributed by atoms with Gasteiger partial charge in [0, 0.05) is 19.2 Å². The van der Waals surface area contributed by atoms with E-state index < -0.39 is 10.0 Å². The average Bonchev–Trinajstić information content (AvgIpc) is 2.53. The van der Waals surface area contributed by atoms with Crippen LogP contribution in [0.5, 0.6) is 0 Å². The first-order valence-corrected chi connectivity index (χ1v) is 5.48. The standard InChI is InChI=1S/C6H13N3O2S/c1-7-12(10,11)6-5-9-4-2-3-8-9/h3,7H,2,4-6H2,1H3. The summed E-state index contributed by atoms with van der Waals surface area (Å²) in [6.07, 6.45) is 2.71. The van der Waals surface area contributed by atoms with Gasteiger partial charge in [0.1, 0.15) is 0 Å². The van der Waals surface area contributed by atoms with Crippen LogP contribution in [0.1, 0.15) is 6.42 Å². The summed E-state index contributed by atoms with van der Waals surface area (Å²) in [7, 11) is -1.65. The molecule has 12 heavy (non-hydrogen) atoms. The van der Waals surface area contributed by atoms with Gasteiger partial charge in [-0.1, -0.05) is 0 Å². The summed E-state index contributed by atoms with van der Waals surface area (Å²) in [4.78, 5) is 0. The zero-order valence-electron chi connectivity index (χ0n) is 7.02. The molecule has 0 radical (unpaired) electrons. The van der Waals surface area contributed by atoms with Gasteiger partial charge < -0.3 is 0 Å². The molecule has 0 atom stereocenters. The third-order valence-electron chi connectivity index (χ3n) is 1.69. The van der Waals surface area contributed by atoms with E-state index in [-0.39, 0.29) is 5.75 Å². The number of nitrogens with zero attached hydrogens (tertiary/aromatic N) is 2. The molecule has 0 amide bonds. The summed E-state index contributed by atoms with van der Waals surface area (Å²) in [5.74, 6) is 0.112. The molecule has 0 aliphatic carbocycles. The van der Waals surface area contributed by atoms with Crippen molar-refractivity contribution in [2.45, 2.75) is 6.42 Å². The molecule has 0 unspecified atom stereocenters. The fourth-order valence-electron chi connectivity index (χ4n) is 0.935. The average molecular weight is 191 g/mol. The second kappa shape index (κ2) is 3.86. The Morgan fingerprint density at radius 3 is 2.92 bits per heavy atom. The van der Waals surface area contributed by atoms with Crippen LogP contribution in [-0.2, 0) is 10.0 Å². The second-order valence-electron chi connectivity index (χ2n) is 2.56. The number of hydrogen-bond donors (Lipinski definition) is 1. The molecule has 6 heteroatoms. The second-order valence-corrected chi connectivity index (χ2v) is 4.61. The van der Waals surface area contributed by atoms with Gasteiger partial charge in [-0.3, -0.25) is 5.01 Å². The van der Waals surface area contributed by atoms with Gasteiger partial charge in [-0.2, -0.15) is 5.10 Å². The molecular formula is C6H13N3O2S. The lowest BCUT2D eigenvalue weighted by molar-refractivity contribution is 0.337. The van der Waals surface area contributed by atoms with Crippen molar-refractivity contribution >= 4 is 16.2 Å². The Morgan fingerprint density at radius 1 is 1.67 bits per heavy atom. The van der Waals surface area contributed by atoms with Crippen LogP contribution >= 0.6 is 0 Å². The summed E-state index contributed by atoms with van der Waals surface area (Å²) in [5.41, 5.74) is 0. The summed E-state index contributed by atoms with van der Waals surface area (Å²) in [6, 6.07) is 0. The Balaban J connectivity index is 2.30. The first-order chi connectivity index (χ1) is 5.64. The highest BCUT2D eigenvalue weighted by Gasteiger charge is 2.11. The minimum absolute atomic E-state index is 0.112. The molecule has 0 bridgehead atoms. The van der Waals surface area contributed by atoms with Crippen molar-refractivity contribution in [3.05, 3.63) is 0 Å². The lowest BCUT2D eigenvalue weighted by Gasteiger charge is -2.12. The number of sulfonamides is 1. The Hall–Kier alpha value is -0.620. The first kappa shape index (κ1) is 9.47. The van der Waals surface area contributed by atoms with Crippen molar-refractivity contribution < 1.29 is 8.42 Å². The van der Waals surface area contributed by atoms with E-state index in [9.17, 15) is 8.42 Å². The van der Waals surface area contributed by atoms with Crippen LogP contribution in [0, 0.1) is 0 Å². The summed E-state index contributed by atoms with van der Waals surface area (Å²) >= 11 is 0. The Labute approximate surface area is 72.5 Å². The zero-order chi connectivity index (χ0) is 9.03. The normalized spacial score (nSPS) is 17.2. The highest BCUT2D eigenvalue weighted by molar-refractivity contribution is 7.89. The van der Waals surface area contributed by atoms with Crippen LogP contribution < -0.4 is 4.72 Å². The Bertz CT molecular complexity index is 260. The number of rotatable bonds is 4. The van der Waals surface area contributed by atoms with E-state index in [0.717, 1.165) is 13.0 Å². The van der Waals surface area contributed by atoms with E-state index in [4.69, 9.17) is 0 Å².